The van der Waals surface area contributed by atoms with E-state index in [1.54, 1.807) is 18.5 Å². The third-order valence-corrected chi connectivity index (χ3v) is 1.89. The molecule has 7 heteroatoms. The van der Waals surface area contributed by atoms with E-state index in [4.69, 9.17) is 9.26 Å². The summed E-state index contributed by atoms with van der Waals surface area (Å²) in [5.41, 5.74) is 0. The first-order chi connectivity index (χ1) is 8.29. The molecule has 0 unspecified atom stereocenters. The van der Waals surface area contributed by atoms with Crippen LogP contribution in [0.2, 0.25) is 0 Å². The lowest BCUT2D eigenvalue weighted by Crippen LogP contribution is -2.09. The first-order valence-corrected chi connectivity index (χ1v) is 4.90. The van der Waals surface area contributed by atoms with Crippen molar-refractivity contribution in [2.45, 2.75) is 6.42 Å². The fourth-order valence-electron chi connectivity index (χ4n) is 1.21. The van der Waals surface area contributed by atoms with Gasteiger partial charge in [-0.2, -0.15) is 4.98 Å². The summed E-state index contributed by atoms with van der Waals surface area (Å²) < 4.78 is 9.62. The highest BCUT2D eigenvalue weighted by atomic mass is 16.5. The van der Waals surface area contributed by atoms with E-state index in [1.165, 1.54) is 7.11 Å². The normalized spacial score (nSPS) is 10.4. The Morgan fingerprint density at radius 2 is 2.12 bits per heavy atom. The van der Waals surface area contributed by atoms with E-state index < -0.39 is 0 Å². The summed E-state index contributed by atoms with van der Waals surface area (Å²) in [5.74, 6) is 0.735. The zero-order valence-corrected chi connectivity index (χ0v) is 9.16. The SMILES string of the molecule is COCC(=O)Cc1nc(-c2ncccn2)no1. The van der Waals surface area contributed by atoms with Crippen LogP contribution in [0.3, 0.4) is 0 Å². The summed E-state index contributed by atoms with van der Waals surface area (Å²) in [6.45, 7) is 0.0273. The lowest BCUT2D eigenvalue weighted by molar-refractivity contribution is -0.122. The largest absolute Gasteiger partial charge is 0.377 e. The Morgan fingerprint density at radius 1 is 1.35 bits per heavy atom. The van der Waals surface area contributed by atoms with Crippen molar-refractivity contribution in [3.8, 4) is 11.6 Å². The maximum Gasteiger partial charge on any atom is 0.240 e. The highest BCUT2D eigenvalue weighted by Crippen LogP contribution is 2.09. The molecule has 2 aromatic heterocycles. The van der Waals surface area contributed by atoms with Crippen molar-refractivity contribution in [3.63, 3.8) is 0 Å². The van der Waals surface area contributed by atoms with Gasteiger partial charge in [-0.3, -0.25) is 4.79 Å². The lowest BCUT2D eigenvalue weighted by atomic mass is 10.3. The molecule has 0 N–H and O–H groups in total. The summed E-state index contributed by atoms with van der Waals surface area (Å²) in [6.07, 6.45) is 3.20. The number of ketones is 1. The van der Waals surface area contributed by atoms with Crippen molar-refractivity contribution in [1.82, 2.24) is 20.1 Å². The average Bonchev–Trinajstić information content (AvgIpc) is 2.79. The fraction of sp³-hybridized carbons (Fsp3) is 0.300. The van der Waals surface area contributed by atoms with Crippen LogP contribution in [-0.2, 0) is 16.0 Å². The first-order valence-electron chi connectivity index (χ1n) is 4.90. The van der Waals surface area contributed by atoms with Crippen LogP contribution in [0.5, 0.6) is 0 Å². The Bertz CT molecular complexity index is 497. The molecule has 2 heterocycles. The summed E-state index contributed by atoms with van der Waals surface area (Å²) in [4.78, 5) is 23.2. The van der Waals surface area contributed by atoms with Crippen LogP contribution in [-0.4, -0.2) is 39.6 Å². The zero-order chi connectivity index (χ0) is 12.1. The summed E-state index contributed by atoms with van der Waals surface area (Å²) in [7, 11) is 1.45. The Hall–Kier alpha value is -2.15. The number of aromatic nitrogens is 4. The number of hydrogen-bond acceptors (Lipinski definition) is 7. The maximum atomic E-state index is 11.3. The number of Topliss-reactive ketones (excluding diaryl/α,β-unsaturated/α-hetero) is 1. The second-order valence-corrected chi connectivity index (χ2v) is 3.23. The number of nitrogens with zero attached hydrogens (tertiary/aromatic N) is 4. The predicted octanol–water partition coefficient (Wildman–Crippen LogP) is 0.285. The van der Waals surface area contributed by atoms with Crippen molar-refractivity contribution >= 4 is 5.78 Å². The topological polar surface area (TPSA) is 91.0 Å². The molecule has 0 aliphatic carbocycles. The molecule has 0 aliphatic rings. The van der Waals surface area contributed by atoms with E-state index in [0.29, 0.717) is 5.82 Å². The molecule has 0 saturated carbocycles. The molecule has 7 nitrogen and oxygen atoms in total. The number of rotatable bonds is 5. The van der Waals surface area contributed by atoms with Gasteiger partial charge >= 0.3 is 0 Å². The number of ether oxygens (including phenoxy) is 1. The van der Waals surface area contributed by atoms with Crippen molar-refractivity contribution < 1.29 is 14.1 Å². The third-order valence-electron chi connectivity index (χ3n) is 1.89. The quantitative estimate of drug-likeness (QED) is 0.733. The molecule has 0 bridgehead atoms. The van der Waals surface area contributed by atoms with E-state index in [9.17, 15) is 4.79 Å². The smallest absolute Gasteiger partial charge is 0.240 e. The van der Waals surface area contributed by atoms with Gasteiger partial charge in [0.15, 0.2) is 5.78 Å². The van der Waals surface area contributed by atoms with Gasteiger partial charge in [-0.25, -0.2) is 9.97 Å². The second kappa shape index (κ2) is 5.26. The molecule has 0 radical (unpaired) electrons. The predicted molar refractivity (Wildman–Crippen MR) is 55.9 cm³/mol. The summed E-state index contributed by atoms with van der Waals surface area (Å²) in [6, 6.07) is 1.69. The first kappa shape index (κ1) is 11.3. The van der Waals surface area contributed by atoms with Crippen LogP contribution >= 0.6 is 0 Å². The molecule has 0 atom stereocenters. The van der Waals surface area contributed by atoms with Crippen molar-refractivity contribution in [2.24, 2.45) is 0 Å². The summed E-state index contributed by atoms with van der Waals surface area (Å²) >= 11 is 0. The lowest BCUT2D eigenvalue weighted by Gasteiger charge is -1.93. The molecule has 17 heavy (non-hydrogen) atoms. The van der Waals surface area contributed by atoms with Gasteiger partial charge in [0.05, 0.1) is 6.42 Å². The molecule has 0 aliphatic heterocycles. The monoisotopic (exact) mass is 234 g/mol. The number of carbonyl (C=O) groups is 1. The van der Waals surface area contributed by atoms with Crippen molar-refractivity contribution in [3.05, 3.63) is 24.4 Å². The van der Waals surface area contributed by atoms with Crippen LogP contribution in [0, 0.1) is 0 Å². The third kappa shape index (κ3) is 2.91. The van der Waals surface area contributed by atoms with E-state index in [-0.39, 0.29) is 30.5 Å². The molecule has 0 saturated heterocycles. The molecular formula is C10H10N4O3. The highest BCUT2D eigenvalue weighted by molar-refractivity contribution is 5.81. The Labute approximate surface area is 96.8 Å². The van der Waals surface area contributed by atoms with E-state index in [0.717, 1.165) is 0 Å². The second-order valence-electron chi connectivity index (χ2n) is 3.23. The highest BCUT2D eigenvalue weighted by Gasteiger charge is 2.13. The number of carbonyl (C=O) groups excluding carboxylic acids is 1. The number of methoxy groups -OCH3 is 1. The van der Waals surface area contributed by atoms with Gasteiger partial charge in [0, 0.05) is 19.5 Å². The average molecular weight is 234 g/mol. The standard InChI is InChI=1S/C10H10N4O3/c1-16-6-7(15)5-8-13-10(14-17-8)9-11-3-2-4-12-9/h2-4H,5-6H2,1H3. The Balaban J connectivity index is 2.09. The Morgan fingerprint density at radius 3 is 2.82 bits per heavy atom. The van der Waals surface area contributed by atoms with Gasteiger partial charge in [-0.15, -0.1) is 0 Å². The number of hydrogen-bond donors (Lipinski definition) is 0. The van der Waals surface area contributed by atoms with Gasteiger partial charge < -0.3 is 9.26 Å². The molecule has 0 fully saturated rings. The minimum absolute atomic E-state index is 0.0273. The maximum absolute atomic E-state index is 11.3. The van der Waals surface area contributed by atoms with Gasteiger partial charge in [0.25, 0.3) is 0 Å². The van der Waals surface area contributed by atoms with Crippen molar-refractivity contribution in [1.29, 1.82) is 0 Å². The molecule has 0 spiro atoms. The molecule has 2 rings (SSSR count). The van der Waals surface area contributed by atoms with Crippen LogP contribution in [0.4, 0.5) is 0 Å². The minimum Gasteiger partial charge on any atom is -0.377 e. The molecule has 0 aromatic carbocycles. The Kier molecular flexibility index (Phi) is 3.51. The molecule has 0 amide bonds. The van der Waals surface area contributed by atoms with Crippen LogP contribution in [0.15, 0.2) is 23.0 Å². The summed E-state index contributed by atoms with van der Waals surface area (Å²) in [5, 5.41) is 3.70. The van der Waals surface area contributed by atoms with Gasteiger partial charge in [0.2, 0.25) is 17.5 Å². The van der Waals surface area contributed by atoms with E-state index in [2.05, 4.69) is 20.1 Å². The van der Waals surface area contributed by atoms with Crippen LogP contribution in [0.25, 0.3) is 11.6 Å². The molecule has 2 aromatic rings. The van der Waals surface area contributed by atoms with Crippen molar-refractivity contribution in [2.75, 3.05) is 13.7 Å². The van der Waals surface area contributed by atoms with E-state index >= 15 is 0 Å². The van der Waals surface area contributed by atoms with Crippen LogP contribution in [0.1, 0.15) is 5.89 Å². The van der Waals surface area contributed by atoms with Gasteiger partial charge in [-0.05, 0) is 6.07 Å². The van der Waals surface area contributed by atoms with Crippen LogP contribution < -0.4 is 0 Å². The molecular weight excluding hydrogens is 224 g/mol. The minimum atomic E-state index is -0.128. The zero-order valence-electron chi connectivity index (χ0n) is 9.16. The fourth-order valence-corrected chi connectivity index (χ4v) is 1.21. The molecule has 88 valence electrons. The van der Waals surface area contributed by atoms with E-state index in [1.807, 2.05) is 0 Å². The van der Waals surface area contributed by atoms with Gasteiger partial charge in [0.1, 0.15) is 6.61 Å². The van der Waals surface area contributed by atoms with Gasteiger partial charge in [-0.1, -0.05) is 5.16 Å².